The van der Waals surface area contributed by atoms with Gasteiger partial charge in [-0.05, 0) is 25.7 Å². The predicted molar refractivity (Wildman–Crippen MR) is 66.5 cm³/mol. The van der Waals surface area contributed by atoms with E-state index in [9.17, 15) is 9.59 Å². The van der Waals surface area contributed by atoms with E-state index in [-0.39, 0.29) is 5.92 Å². The monoisotopic (exact) mass is 244 g/mol. The van der Waals surface area contributed by atoms with Gasteiger partial charge in [0.05, 0.1) is 5.54 Å². The van der Waals surface area contributed by atoms with Crippen LogP contribution in [0.5, 0.6) is 0 Å². The molecule has 0 spiro atoms. The molecule has 1 amide bonds. The molecule has 0 saturated carbocycles. The van der Waals surface area contributed by atoms with Crippen molar-refractivity contribution in [3.05, 3.63) is 0 Å². The summed E-state index contributed by atoms with van der Waals surface area (Å²) in [5, 5.41) is 11.5. The lowest BCUT2D eigenvalue weighted by atomic mass is 9.95. The molecule has 4 N–H and O–H groups in total. The fourth-order valence-corrected chi connectivity index (χ4v) is 1.65. The van der Waals surface area contributed by atoms with E-state index >= 15 is 0 Å². The van der Waals surface area contributed by atoms with Crippen molar-refractivity contribution < 1.29 is 14.7 Å². The molecule has 0 saturated heterocycles. The Kier molecular flexibility index (Phi) is 6.16. The Morgan fingerprint density at radius 2 is 1.94 bits per heavy atom. The van der Waals surface area contributed by atoms with E-state index in [1.54, 1.807) is 6.92 Å². The lowest BCUT2D eigenvalue weighted by molar-refractivity contribution is -0.143. The van der Waals surface area contributed by atoms with Crippen molar-refractivity contribution in [2.24, 2.45) is 11.7 Å². The van der Waals surface area contributed by atoms with Gasteiger partial charge in [0.15, 0.2) is 0 Å². The Labute approximate surface area is 103 Å². The molecule has 0 aliphatic carbocycles. The number of carboxylic acid groups (broad SMARTS) is 1. The van der Waals surface area contributed by atoms with Crippen molar-refractivity contribution in [3.8, 4) is 0 Å². The second-order valence-corrected chi connectivity index (χ2v) is 5.16. The van der Waals surface area contributed by atoms with Crippen molar-refractivity contribution in [3.63, 3.8) is 0 Å². The van der Waals surface area contributed by atoms with Crippen LogP contribution >= 0.6 is 0 Å². The minimum atomic E-state index is -1.01. The van der Waals surface area contributed by atoms with Crippen molar-refractivity contribution >= 4 is 11.9 Å². The zero-order valence-corrected chi connectivity index (χ0v) is 11.1. The number of hydrogen-bond acceptors (Lipinski definition) is 3. The van der Waals surface area contributed by atoms with Crippen molar-refractivity contribution in [1.29, 1.82) is 0 Å². The molecule has 5 nitrogen and oxygen atoms in total. The summed E-state index contributed by atoms with van der Waals surface area (Å²) in [6.45, 7) is 7.38. The maximum absolute atomic E-state index is 11.9. The van der Waals surface area contributed by atoms with E-state index in [0.717, 1.165) is 6.42 Å². The third kappa shape index (κ3) is 5.68. The SMILES string of the molecule is CCCC(C)(N)C(=O)N[C@@H](CC(C)C)C(=O)O. The highest BCUT2D eigenvalue weighted by Gasteiger charge is 2.31. The van der Waals surface area contributed by atoms with Crippen LogP contribution in [0.2, 0.25) is 0 Å². The summed E-state index contributed by atoms with van der Waals surface area (Å²) >= 11 is 0. The van der Waals surface area contributed by atoms with Crippen LogP contribution in [0.3, 0.4) is 0 Å². The van der Waals surface area contributed by atoms with Crippen LogP contribution in [0.1, 0.15) is 47.0 Å². The summed E-state index contributed by atoms with van der Waals surface area (Å²) in [4.78, 5) is 22.9. The standard InChI is InChI=1S/C12H24N2O3/c1-5-6-12(4,13)11(17)14-9(10(15)16)7-8(2)3/h8-9H,5-7,13H2,1-4H3,(H,14,17)(H,15,16)/t9-,12?/m0/s1. The summed E-state index contributed by atoms with van der Waals surface area (Å²) < 4.78 is 0. The molecule has 100 valence electrons. The number of rotatable bonds is 7. The van der Waals surface area contributed by atoms with Crippen molar-refractivity contribution in [2.45, 2.75) is 58.5 Å². The zero-order chi connectivity index (χ0) is 13.6. The molecule has 0 rings (SSSR count). The first-order valence-corrected chi connectivity index (χ1v) is 6.03. The van der Waals surface area contributed by atoms with E-state index < -0.39 is 23.5 Å². The zero-order valence-electron chi connectivity index (χ0n) is 11.1. The Balaban J connectivity index is 4.55. The topological polar surface area (TPSA) is 92.4 Å². The molecule has 5 heteroatoms. The molecular formula is C12H24N2O3. The second kappa shape index (κ2) is 6.59. The molecule has 0 aromatic heterocycles. The Hall–Kier alpha value is -1.10. The Morgan fingerprint density at radius 3 is 2.29 bits per heavy atom. The minimum absolute atomic E-state index is 0.201. The van der Waals surface area contributed by atoms with Gasteiger partial charge in [-0.15, -0.1) is 0 Å². The van der Waals surface area contributed by atoms with Gasteiger partial charge in [-0.1, -0.05) is 27.2 Å². The number of aliphatic carboxylic acids is 1. The number of nitrogens with two attached hydrogens (primary N) is 1. The minimum Gasteiger partial charge on any atom is -0.480 e. The van der Waals surface area contributed by atoms with Gasteiger partial charge in [0.2, 0.25) is 5.91 Å². The smallest absolute Gasteiger partial charge is 0.326 e. The van der Waals surface area contributed by atoms with Gasteiger partial charge in [-0.3, -0.25) is 4.79 Å². The van der Waals surface area contributed by atoms with E-state index in [2.05, 4.69) is 5.32 Å². The summed E-state index contributed by atoms with van der Waals surface area (Å²) in [6.07, 6.45) is 1.72. The predicted octanol–water partition coefficient (Wildman–Crippen LogP) is 1.12. The van der Waals surface area contributed by atoms with Crippen molar-refractivity contribution in [1.82, 2.24) is 5.32 Å². The normalized spacial score (nSPS) is 16.4. The first-order valence-electron chi connectivity index (χ1n) is 6.03. The van der Waals surface area contributed by atoms with Crippen LogP contribution < -0.4 is 11.1 Å². The molecule has 0 aromatic carbocycles. The molecule has 0 fully saturated rings. The van der Waals surface area contributed by atoms with E-state index in [4.69, 9.17) is 10.8 Å². The largest absolute Gasteiger partial charge is 0.480 e. The average molecular weight is 244 g/mol. The lowest BCUT2D eigenvalue weighted by Crippen LogP contribution is -2.55. The molecule has 0 radical (unpaired) electrons. The Bertz CT molecular complexity index is 275. The molecular weight excluding hydrogens is 220 g/mol. The lowest BCUT2D eigenvalue weighted by Gasteiger charge is -2.26. The quantitative estimate of drug-likeness (QED) is 0.625. The molecule has 0 bridgehead atoms. The van der Waals surface area contributed by atoms with Crippen LogP contribution in [0.4, 0.5) is 0 Å². The van der Waals surface area contributed by atoms with Gasteiger partial charge in [0, 0.05) is 0 Å². The van der Waals surface area contributed by atoms with Gasteiger partial charge in [0.25, 0.3) is 0 Å². The van der Waals surface area contributed by atoms with Gasteiger partial charge >= 0.3 is 5.97 Å². The second-order valence-electron chi connectivity index (χ2n) is 5.16. The van der Waals surface area contributed by atoms with Gasteiger partial charge in [-0.2, -0.15) is 0 Å². The number of carboxylic acids is 1. The van der Waals surface area contributed by atoms with Crippen LogP contribution in [0, 0.1) is 5.92 Å². The summed E-state index contributed by atoms with van der Waals surface area (Å²) in [5.41, 5.74) is 4.84. The molecule has 17 heavy (non-hydrogen) atoms. The number of carbonyl (C=O) groups is 2. The molecule has 0 aliphatic rings. The number of amides is 1. The first kappa shape index (κ1) is 15.9. The molecule has 0 aromatic rings. The summed E-state index contributed by atoms with van der Waals surface area (Å²) in [5.74, 6) is -1.21. The van der Waals surface area contributed by atoms with Crippen LogP contribution in [0.15, 0.2) is 0 Å². The highest BCUT2D eigenvalue weighted by atomic mass is 16.4. The number of carbonyl (C=O) groups excluding carboxylic acids is 1. The fourth-order valence-electron chi connectivity index (χ4n) is 1.65. The molecule has 1 unspecified atom stereocenters. The molecule has 0 aliphatic heterocycles. The number of nitrogens with one attached hydrogen (secondary N) is 1. The third-order valence-electron chi connectivity index (χ3n) is 2.60. The van der Waals surface area contributed by atoms with Gasteiger partial charge in [-0.25, -0.2) is 4.79 Å². The number of hydrogen-bond donors (Lipinski definition) is 3. The summed E-state index contributed by atoms with van der Waals surface area (Å²) in [7, 11) is 0. The maximum atomic E-state index is 11.9. The van der Waals surface area contributed by atoms with Gasteiger partial charge < -0.3 is 16.2 Å². The summed E-state index contributed by atoms with van der Waals surface area (Å²) in [6, 6.07) is -0.859. The van der Waals surface area contributed by atoms with Crippen molar-refractivity contribution in [2.75, 3.05) is 0 Å². The molecule has 2 atom stereocenters. The first-order chi connectivity index (χ1) is 7.70. The van der Waals surface area contributed by atoms with E-state index in [1.165, 1.54) is 0 Å². The van der Waals surface area contributed by atoms with E-state index in [1.807, 2.05) is 20.8 Å². The highest BCUT2D eigenvalue weighted by molar-refractivity contribution is 5.89. The average Bonchev–Trinajstić information content (AvgIpc) is 2.15. The maximum Gasteiger partial charge on any atom is 0.326 e. The Morgan fingerprint density at radius 1 is 1.41 bits per heavy atom. The molecule has 0 heterocycles. The van der Waals surface area contributed by atoms with Crippen LogP contribution in [0.25, 0.3) is 0 Å². The van der Waals surface area contributed by atoms with Crippen LogP contribution in [-0.4, -0.2) is 28.6 Å². The fraction of sp³-hybridized carbons (Fsp3) is 0.833. The highest BCUT2D eigenvalue weighted by Crippen LogP contribution is 2.11. The van der Waals surface area contributed by atoms with Crippen LogP contribution in [-0.2, 0) is 9.59 Å². The third-order valence-corrected chi connectivity index (χ3v) is 2.60. The van der Waals surface area contributed by atoms with E-state index in [0.29, 0.717) is 12.8 Å². The van der Waals surface area contributed by atoms with Gasteiger partial charge in [0.1, 0.15) is 6.04 Å².